The number of benzene rings is 3. The second-order valence-electron chi connectivity index (χ2n) is 6.87. The second kappa shape index (κ2) is 9.00. The van der Waals surface area contributed by atoms with Gasteiger partial charge in [0.15, 0.2) is 5.71 Å². The van der Waals surface area contributed by atoms with E-state index >= 15 is 0 Å². The first-order valence-corrected chi connectivity index (χ1v) is 9.64. The molecule has 0 saturated heterocycles. The second-order valence-corrected chi connectivity index (χ2v) is 6.87. The van der Waals surface area contributed by atoms with Crippen LogP contribution in [0.1, 0.15) is 11.1 Å². The van der Waals surface area contributed by atoms with Crippen molar-refractivity contribution in [3.05, 3.63) is 100 Å². The molecular formula is C23H17N5O4. The zero-order valence-corrected chi connectivity index (χ0v) is 16.7. The number of non-ortho nitro benzene ring substituents is 1. The van der Waals surface area contributed by atoms with Gasteiger partial charge in [-0.3, -0.25) is 24.6 Å². The van der Waals surface area contributed by atoms with E-state index in [2.05, 4.69) is 15.5 Å². The highest BCUT2D eigenvalue weighted by molar-refractivity contribution is 6.54. The van der Waals surface area contributed by atoms with Crippen LogP contribution in [0.3, 0.4) is 0 Å². The standard InChI is InChI=1S/C23H17N5O4/c29-21(25-17-8-2-1-3-9-17)15-27-20-12-5-4-11-19(20)22(23(27)30)26-24-14-16-7-6-10-18(13-16)28(31)32/h1-14H,15H2,(H,25,29)/b24-14+,26-22+. The van der Waals surface area contributed by atoms with Crippen molar-refractivity contribution in [1.29, 1.82) is 0 Å². The molecule has 1 heterocycles. The maximum absolute atomic E-state index is 13.0. The first kappa shape index (κ1) is 20.6. The molecule has 4 rings (SSSR count). The average Bonchev–Trinajstić information content (AvgIpc) is 3.06. The predicted octanol–water partition coefficient (Wildman–Crippen LogP) is 3.40. The van der Waals surface area contributed by atoms with Crippen LogP contribution in [0.2, 0.25) is 0 Å². The van der Waals surface area contributed by atoms with Gasteiger partial charge in [-0.1, -0.05) is 48.5 Å². The van der Waals surface area contributed by atoms with E-state index in [1.165, 1.54) is 29.3 Å². The molecule has 1 aliphatic heterocycles. The molecule has 9 heteroatoms. The van der Waals surface area contributed by atoms with Gasteiger partial charge in [0.1, 0.15) is 6.54 Å². The molecule has 2 amide bonds. The van der Waals surface area contributed by atoms with Gasteiger partial charge in [-0.25, -0.2) is 0 Å². The Balaban J connectivity index is 1.55. The SMILES string of the molecule is O=C(CN1C(=O)/C(=N/N=C/c2cccc([N+](=O)[O-])c2)c2ccccc21)Nc1ccccc1. The minimum atomic E-state index is -0.502. The van der Waals surface area contributed by atoms with Crippen molar-refractivity contribution < 1.29 is 14.5 Å². The number of para-hydroxylation sites is 2. The Hall–Kier alpha value is -4.66. The molecule has 0 aliphatic carbocycles. The first-order valence-electron chi connectivity index (χ1n) is 9.64. The van der Waals surface area contributed by atoms with Gasteiger partial charge in [0.25, 0.3) is 11.6 Å². The summed E-state index contributed by atoms with van der Waals surface area (Å²) in [6.45, 7) is -0.182. The molecule has 32 heavy (non-hydrogen) atoms. The Morgan fingerprint density at radius 2 is 1.78 bits per heavy atom. The fourth-order valence-corrected chi connectivity index (χ4v) is 3.25. The minimum Gasteiger partial charge on any atom is -0.325 e. The van der Waals surface area contributed by atoms with E-state index in [0.717, 1.165) is 0 Å². The lowest BCUT2D eigenvalue weighted by Gasteiger charge is -2.16. The Labute approximate surface area is 182 Å². The summed E-state index contributed by atoms with van der Waals surface area (Å²) < 4.78 is 0. The molecule has 0 atom stereocenters. The van der Waals surface area contributed by atoms with Crippen molar-refractivity contribution in [2.75, 3.05) is 16.8 Å². The van der Waals surface area contributed by atoms with Crippen LogP contribution in [0.15, 0.2) is 89.1 Å². The zero-order valence-electron chi connectivity index (χ0n) is 16.7. The molecule has 158 valence electrons. The van der Waals surface area contributed by atoms with Crippen molar-refractivity contribution in [2.45, 2.75) is 0 Å². The molecule has 0 spiro atoms. The molecule has 0 unspecified atom stereocenters. The van der Waals surface area contributed by atoms with Crippen LogP contribution in [0.4, 0.5) is 17.1 Å². The number of hydrogen-bond acceptors (Lipinski definition) is 6. The van der Waals surface area contributed by atoms with Crippen molar-refractivity contribution in [1.82, 2.24) is 0 Å². The van der Waals surface area contributed by atoms with Gasteiger partial charge in [0.05, 0.1) is 16.8 Å². The summed E-state index contributed by atoms with van der Waals surface area (Å²) in [6, 6.07) is 21.9. The van der Waals surface area contributed by atoms with Crippen LogP contribution in [0.25, 0.3) is 0 Å². The van der Waals surface area contributed by atoms with Crippen LogP contribution in [-0.4, -0.2) is 35.2 Å². The van der Waals surface area contributed by atoms with Crippen molar-refractivity contribution >= 4 is 40.8 Å². The fraction of sp³-hybridized carbons (Fsp3) is 0.0435. The van der Waals surface area contributed by atoms with Gasteiger partial charge >= 0.3 is 0 Å². The lowest BCUT2D eigenvalue weighted by Crippen LogP contribution is -2.37. The number of carbonyl (C=O) groups is 2. The number of nitro groups is 1. The molecule has 0 fully saturated rings. The largest absolute Gasteiger partial charge is 0.325 e. The van der Waals surface area contributed by atoms with Gasteiger partial charge in [0, 0.05) is 28.9 Å². The fourth-order valence-electron chi connectivity index (χ4n) is 3.25. The number of carbonyl (C=O) groups excluding carboxylic acids is 2. The lowest BCUT2D eigenvalue weighted by atomic mass is 10.1. The number of anilines is 2. The van der Waals surface area contributed by atoms with Crippen LogP contribution >= 0.6 is 0 Å². The van der Waals surface area contributed by atoms with Crippen molar-refractivity contribution in [3.63, 3.8) is 0 Å². The molecule has 1 N–H and O–H groups in total. The summed E-state index contributed by atoms with van der Waals surface area (Å²) in [5.74, 6) is -0.800. The molecule has 0 radical (unpaired) electrons. The maximum atomic E-state index is 13.0. The molecule has 0 aromatic heterocycles. The molecule has 3 aromatic rings. The first-order chi connectivity index (χ1) is 15.5. The van der Waals surface area contributed by atoms with E-state index in [-0.39, 0.29) is 23.9 Å². The molecule has 1 aliphatic rings. The van der Waals surface area contributed by atoms with E-state index in [1.807, 2.05) is 6.07 Å². The van der Waals surface area contributed by atoms with Gasteiger partial charge in [0.2, 0.25) is 5.91 Å². The van der Waals surface area contributed by atoms with Crippen molar-refractivity contribution in [3.8, 4) is 0 Å². The third-order valence-electron chi connectivity index (χ3n) is 4.70. The maximum Gasteiger partial charge on any atom is 0.279 e. The van der Waals surface area contributed by atoms with Crippen LogP contribution < -0.4 is 10.2 Å². The summed E-state index contributed by atoms with van der Waals surface area (Å²) in [6.07, 6.45) is 1.33. The highest BCUT2D eigenvalue weighted by atomic mass is 16.6. The molecule has 0 bridgehead atoms. The van der Waals surface area contributed by atoms with E-state index in [4.69, 9.17) is 0 Å². The normalized spacial score (nSPS) is 14.1. The summed E-state index contributed by atoms with van der Waals surface area (Å²) in [4.78, 5) is 37.2. The smallest absolute Gasteiger partial charge is 0.279 e. The summed E-state index contributed by atoms with van der Waals surface area (Å²) in [5, 5.41) is 21.7. The minimum absolute atomic E-state index is 0.0699. The molecule has 0 saturated carbocycles. The number of nitrogens with one attached hydrogen (secondary N) is 1. The Bertz CT molecular complexity index is 1250. The molecule has 9 nitrogen and oxygen atoms in total. The number of hydrogen-bond donors (Lipinski definition) is 1. The van der Waals surface area contributed by atoms with E-state index in [1.54, 1.807) is 54.6 Å². The molecule has 3 aromatic carbocycles. The number of nitrogens with zero attached hydrogens (tertiary/aromatic N) is 4. The quantitative estimate of drug-likeness (QED) is 0.368. The number of rotatable bonds is 6. The van der Waals surface area contributed by atoms with E-state index in [9.17, 15) is 19.7 Å². The third-order valence-corrected chi connectivity index (χ3v) is 4.70. The average molecular weight is 427 g/mol. The van der Waals surface area contributed by atoms with Crippen molar-refractivity contribution in [2.24, 2.45) is 10.2 Å². The summed E-state index contributed by atoms with van der Waals surface area (Å²) in [7, 11) is 0. The third kappa shape index (κ3) is 4.41. The van der Waals surface area contributed by atoms with Gasteiger partial charge in [-0.2, -0.15) is 5.10 Å². The number of amides is 2. The number of fused-ring (bicyclic) bond motifs is 1. The van der Waals surface area contributed by atoms with E-state index < -0.39 is 10.8 Å². The Morgan fingerprint density at radius 3 is 2.56 bits per heavy atom. The zero-order chi connectivity index (χ0) is 22.5. The summed E-state index contributed by atoms with van der Waals surface area (Å²) >= 11 is 0. The monoisotopic (exact) mass is 427 g/mol. The summed E-state index contributed by atoms with van der Waals surface area (Å²) in [5.41, 5.74) is 2.25. The van der Waals surface area contributed by atoms with Gasteiger partial charge in [-0.15, -0.1) is 5.10 Å². The topological polar surface area (TPSA) is 117 Å². The predicted molar refractivity (Wildman–Crippen MR) is 121 cm³/mol. The molecular weight excluding hydrogens is 410 g/mol. The Morgan fingerprint density at radius 1 is 1.03 bits per heavy atom. The highest BCUT2D eigenvalue weighted by Gasteiger charge is 2.35. The van der Waals surface area contributed by atoms with Gasteiger partial charge in [-0.05, 0) is 18.2 Å². The van der Waals surface area contributed by atoms with Gasteiger partial charge < -0.3 is 5.32 Å². The lowest BCUT2D eigenvalue weighted by molar-refractivity contribution is -0.384. The Kier molecular flexibility index (Phi) is 5.80. The van der Waals surface area contributed by atoms with E-state index in [0.29, 0.717) is 22.5 Å². The van der Waals surface area contributed by atoms with Crippen LogP contribution in [0, 0.1) is 10.1 Å². The number of nitro benzene ring substituents is 1. The highest BCUT2D eigenvalue weighted by Crippen LogP contribution is 2.29. The van der Waals surface area contributed by atoms with Crippen LogP contribution in [-0.2, 0) is 9.59 Å². The van der Waals surface area contributed by atoms with Crippen LogP contribution in [0.5, 0.6) is 0 Å².